The van der Waals surface area contributed by atoms with E-state index in [1.165, 1.54) is 64.9 Å². The Kier molecular flexibility index (Phi) is 14.3. The first-order valence-corrected chi connectivity index (χ1v) is 8.24. The molecule has 0 aromatic rings. The average molecular weight is 264 g/mol. The molecule has 0 fully saturated rings. The van der Waals surface area contributed by atoms with Crippen LogP contribution in [0.25, 0.3) is 0 Å². The lowest BCUT2D eigenvalue weighted by molar-refractivity contribution is 0.250. The van der Waals surface area contributed by atoms with Gasteiger partial charge in [0, 0.05) is 7.11 Å². The third-order valence-corrected chi connectivity index (χ3v) is 3.66. The molecule has 0 amide bonds. The standard InChI is InChI=1S/C13H29O3P/c1-3-4-5-6-7-8-9-10-11-12-13-16-17(14)15-2/h17H,3-13H2,1-2H3. The Labute approximate surface area is 107 Å². The molecule has 0 saturated carbocycles. The molecule has 17 heavy (non-hydrogen) atoms. The summed E-state index contributed by atoms with van der Waals surface area (Å²) >= 11 is 0. The first kappa shape index (κ1) is 17.2. The third kappa shape index (κ3) is 14.1. The summed E-state index contributed by atoms with van der Waals surface area (Å²) in [6, 6.07) is 0. The zero-order chi connectivity index (χ0) is 12.8. The van der Waals surface area contributed by atoms with Crippen LogP contribution in [0, 0.1) is 0 Å². The fourth-order valence-corrected chi connectivity index (χ4v) is 2.23. The summed E-state index contributed by atoms with van der Waals surface area (Å²) in [5.41, 5.74) is 0. The van der Waals surface area contributed by atoms with Crippen molar-refractivity contribution in [1.82, 2.24) is 0 Å². The van der Waals surface area contributed by atoms with Gasteiger partial charge in [-0.25, -0.2) is 0 Å². The van der Waals surface area contributed by atoms with Crippen LogP contribution in [0.1, 0.15) is 71.1 Å². The normalized spacial score (nSPS) is 12.8. The summed E-state index contributed by atoms with van der Waals surface area (Å²) in [5, 5.41) is 0. The van der Waals surface area contributed by atoms with Crippen LogP contribution in [-0.4, -0.2) is 13.7 Å². The minimum absolute atomic E-state index is 0.572. The Morgan fingerprint density at radius 1 is 0.824 bits per heavy atom. The largest absolute Gasteiger partial charge is 0.318 e. The molecule has 0 spiro atoms. The molecule has 0 bridgehead atoms. The maximum Gasteiger partial charge on any atom is 0.318 e. The van der Waals surface area contributed by atoms with Gasteiger partial charge in [0.15, 0.2) is 0 Å². The summed E-state index contributed by atoms with van der Waals surface area (Å²) in [6.07, 6.45) is 13.0. The van der Waals surface area contributed by atoms with Gasteiger partial charge in [-0.2, -0.15) is 0 Å². The highest BCUT2D eigenvalue weighted by Crippen LogP contribution is 2.22. The SMILES string of the molecule is CCCCCCCCCCCCO[PH](=O)OC. The molecule has 1 atom stereocenters. The second kappa shape index (κ2) is 14.2. The lowest BCUT2D eigenvalue weighted by Gasteiger charge is -2.03. The fourth-order valence-electron chi connectivity index (χ4n) is 1.80. The van der Waals surface area contributed by atoms with E-state index in [1.807, 2.05) is 0 Å². The predicted molar refractivity (Wildman–Crippen MR) is 73.8 cm³/mol. The number of hydrogen-bond donors (Lipinski definition) is 0. The monoisotopic (exact) mass is 264 g/mol. The van der Waals surface area contributed by atoms with Crippen LogP contribution in [0.2, 0.25) is 0 Å². The van der Waals surface area contributed by atoms with Crippen molar-refractivity contribution in [3.05, 3.63) is 0 Å². The van der Waals surface area contributed by atoms with Crippen LogP contribution in [0.5, 0.6) is 0 Å². The summed E-state index contributed by atoms with van der Waals surface area (Å²) < 4.78 is 20.4. The van der Waals surface area contributed by atoms with Crippen molar-refractivity contribution >= 4 is 8.25 Å². The minimum Gasteiger partial charge on any atom is -0.314 e. The molecule has 0 heterocycles. The van der Waals surface area contributed by atoms with Gasteiger partial charge >= 0.3 is 8.25 Å². The Balaban J connectivity index is 2.96. The Morgan fingerprint density at radius 3 is 1.76 bits per heavy atom. The van der Waals surface area contributed by atoms with E-state index in [2.05, 4.69) is 11.4 Å². The molecule has 0 saturated heterocycles. The quantitative estimate of drug-likeness (QED) is 0.348. The summed E-state index contributed by atoms with van der Waals surface area (Å²) in [7, 11) is -0.772. The number of unbranched alkanes of at least 4 members (excludes halogenated alkanes) is 9. The van der Waals surface area contributed by atoms with Crippen molar-refractivity contribution in [2.75, 3.05) is 13.7 Å². The van der Waals surface area contributed by atoms with Gasteiger partial charge in [-0.3, -0.25) is 4.57 Å². The molecule has 0 aromatic carbocycles. The molecule has 0 aromatic heterocycles. The predicted octanol–water partition coefficient (Wildman–Crippen LogP) is 4.96. The average Bonchev–Trinajstić information content (AvgIpc) is 2.35. The van der Waals surface area contributed by atoms with Crippen molar-refractivity contribution in [3.8, 4) is 0 Å². The van der Waals surface area contributed by atoms with Crippen LogP contribution in [0.15, 0.2) is 0 Å². The second-order valence-electron chi connectivity index (χ2n) is 4.48. The van der Waals surface area contributed by atoms with E-state index in [0.29, 0.717) is 6.61 Å². The maximum atomic E-state index is 10.8. The van der Waals surface area contributed by atoms with E-state index >= 15 is 0 Å². The van der Waals surface area contributed by atoms with Gasteiger partial charge in [-0.05, 0) is 6.42 Å². The van der Waals surface area contributed by atoms with Gasteiger partial charge < -0.3 is 9.05 Å². The van der Waals surface area contributed by atoms with Gasteiger partial charge in [-0.1, -0.05) is 64.7 Å². The van der Waals surface area contributed by atoms with E-state index in [9.17, 15) is 4.57 Å². The molecular weight excluding hydrogens is 235 g/mol. The molecule has 4 heteroatoms. The van der Waals surface area contributed by atoms with Gasteiger partial charge in [0.1, 0.15) is 0 Å². The first-order chi connectivity index (χ1) is 8.31. The molecule has 0 rings (SSSR count). The summed E-state index contributed by atoms with van der Waals surface area (Å²) in [4.78, 5) is 0. The van der Waals surface area contributed by atoms with Gasteiger partial charge in [0.2, 0.25) is 0 Å². The molecule has 104 valence electrons. The van der Waals surface area contributed by atoms with Crippen molar-refractivity contribution < 1.29 is 13.6 Å². The van der Waals surface area contributed by atoms with Gasteiger partial charge in [-0.15, -0.1) is 0 Å². The highest BCUT2D eigenvalue weighted by Gasteiger charge is 1.96. The molecule has 0 aliphatic rings. The van der Waals surface area contributed by atoms with E-state index < -0.39 is 8.25 Å². The van der Waals surface area contributed by atoms with Crippen LogP contribution in [0.3, 0.4) is 0 Å². The molecule has 0 N–H and O–H groups in total. The highest BCUT2D eigenvalue weighted by atomic mass is 31.1. The molecule has 3 nitrogen and oxygen atoms in total. The molecule has 0 aliphatic carbocycles. The summed E-state index contributed by atoms with van der Waals surface area (Å²) in [6.45, 7) is 2.82. The van der Waals surface area contributed by atoms with Crippen molar-refractivity contribution in [2.24, 2.45) is 0 Å². The summed E-state index contributed by atoms with van der Waals surface area (Å²) in [5.74, 6) is 0. The van der Waals surface area contributed by atoms with Crippen molar-refractivity contribution in [2.45, 2.75) is 71.1 Å². The molecule has 1 unspecified atom stereocenters. The zero-order valence-corrected chi connectivity index (χ0v) is 12.5. The van der Waals surface area contributed by atoms with E-state index in [4.69, 9.17) is 4.52 Å². The van der Waals surface area contributed by atoms with Crippen LogP contribution in [0.4, 0.5) is 0 Å². The van der Waals surface area contributed by atoms with E-state index in [-0.39, 0.29) is 0 Å². The minimum atomic E-state index is -2.19. The molecular formula is C13H29O3P. The van der Waals surface area contributed by atoms with E-state index in [0.717, 1.165) is 6.42 Å². The third-order valence-electron chi connectivity index (χ3n) is 2.88. The Bertz CT molecular complexity index is 174. The van der Waals surface area contributed by atoms with Crippen LogP contribution < -0.4 is 0 Å². The van der Waals surface area contributed by atoms with Gasteiger partial charge in [0.05, 0.1) is 6.61 Å². The second-order valence-corrected chi connectivity index (χ2v) is 5.68. The zero-order valence-electron chi connectivity index (χ0n) is 11.5. The molecule has 0 aliphatic heterocycles. The molecule has 0 radical (unpaired) electrons. The Hall–Kier alpha value is 0.150. The number of hydrogen-bond acceptors (Lipinski definition) is 3. The first-order valence-electron chi connectivity index (χ1n) is 7.02. The lowest BCUT2D eigenvalue weighted by Crippen LogP contribution is -1.88. The maximum absolute atomic E-state index is 10.8. The van der Waals surface area contributed by atoms with Gasteiger partial charge in [0.25, 0.3) is 0 Å². The van der Waals surface area contributed by atoms with Crippen LogP contribution in [-0.2, 0) is 13.6 Å². The smallest absolute Gasteiger partial charge is 0.314 e. The Morgan fingerprint density at radius 2 is 1.29 bits per heavy atom. The number of rotatable bonds is 13. The van der Waals surface area contributed by atoms with Crippen molar-refractivity contribution in [3.63, 3.8) is 0 Å². The van der Waals surface area contributed by atoms with E-state index in [1.54, 1.807) is 0 Å². The highest BCUT2D eigenvalue weighted by molar-refractivity contribution is 7.33. The van der Waals surface area contributed by atoms with Crippen LogP contribution >= 0.6 is 8.25 Å². The topological polar surface area (TPSA) is 35.5 Å². The van der Waals surface area contributed by atoms with Crippen molar-refractivity contribution in [1.29, 1.82) is 0 Å². The lowest BCUT2D eigenvalue weighted by atomic mass is 10.1. The fraction of sp³-hybridized carbons (Fsp3) is 1.00.